The van der Waals surface area contributed by atoms with Gasteiger partial charge in [-0.05, 0) is 23.3 Å². The molecule has 142 valence electrons. The van der Waals surface area contributed by atoms with Crippen LogP contribution < -0.4 is 0 Å². The number of hydrogen-bond donors (Lipinski definition) is 1. The van der Waals surface area contributed by atoms with Crippen molar-refractivity contribution in [2.24, 2.45) is 11.0 Å². The van der Waals surface area contributed by atoms with Gasteiger partial charge in [0.15, 0.2) is 0 Å². The number of amides is 1. The van der Waals surface area contributed by atoms with Crippen LogP contribution in [0, 0.1) is 5.92 Å². The number of aromatic amines is 1. The highest BCUT2D eigenvalue weighted by Crippen LogP contribution is 2.28. The van der Waals surface area contributed by atoms with Crippen LogP contribution in [0.2, 0.25) is 0 Å². The van der Waals surface area contributed by atoms with Crippen molar-refractivity contribution in [1.82, 2.24) is 19.9 Å². The molecule has 5 rings (SSSR count). The minimum atomic E-state index is 0.247. The van der Waals surface area contributed by atoms with Crippen molar-refractivity contribution in [3.63, 3.8) is 0 Å². The number of hydrogen-bond acceptors (Lipinski definition) is 4. The summed E-state index contributed by atoms with van der Waals surface area (Å²) in [4.78, 5) is 21.9. The quantitative estimate of drug-likeness (QED) is 0.748. The second-order valence-corrected chi connectivity index (χ2v) is 7.71. The van der Waals surface area contributed by atoms with E-state index in [0.717, 1.165) is 30.7 Å². The molecule has 0 spiro atoms. The monoisotopic (exact) mass is 373 g/mol. The summed E-state index contributed by atoms with van der Waals surface area (Å²) in [6.45, 7) is 3.19. The van der Waals surface area contributed by atoms with Gasteiger partial charge in [-0.2, -0.15) is 5.10 Å². The number of aromatic nitrogens is 2. The van der Waals surface area contributed by atoms with Gasteiger partial charge in [-0.1, -0.05) is 30.3 Å². The summed E-state index contributed by atoms with van der Waals surface area (Å²) in [5.74, 6) is 0.840. The molecule has 2 aromatic heterocycles. The minimum absolute atomic E-state index is 0.247. The van der Waals surface area contributed by atoms with Crippen molar-refractivity contribution in [3.8, 4) is 0 Å². The van der Waals surface area contributed by atoms with Crippen LogP contribution in [0.25, 0.3) is 11.0 Å². The largest absolute Gasteiger partial charge is 0.346 e. The fourth-order valence-electron chi connectivity index (χ4n) is 4.33. The maximum atomic E-state index is 12.4. The predicted octanol–water partition coefficient (Wildman–Crippen LogP) is 3.00. The van der Waals surface area contributed by atoms with E-state index in [4.69, 9.17) is 0 Å². The van der Waals surface area contributed by atoms with E-state index in [1.165, 1.54) is 11.1 Å². The lowest BCUT2D eigenvalue weighted by Crippen LogP contribution is -2.28. The van der Waals surface area contributed by atoms with Crippen molar-refractivity contribution in [1.29, 1.82) is 0 Å². The first-order valence-electron chi connectivity index (χ1n) is 9.79. The summed E-state index contributed by atoms with van der Waals surface area (Å²) in [6.07, 6.45) is 6.42. The van der Waals surface area contributed by atoms with Crippen molar-refractivity contribution >= 4 is 23.2 Å². The second-order valence-electron chi connectivity index (χ2n) is 7.71. The summed E-state index contributed by atoms with van der Waals surface area (Å²) in [7, 11) is 0. The zero-order valence-electron chi connectivity index (χ0n) is 15.7. The van der Waals surface area contributed by atoms with Crippen molar-refractivity contribution in [2.45, 2.75) is 18.9 Å². The Morgan fingerprint density at radius 1 is 1.11 bits per heavy atom. The number of nitrogens with zero attached hydrogens (tertiary/aromatic N) is 4. The first-order chi connectivity index (χ1) is 13.8. The number of fused-ring (bicyclic) bond motifs is 1. The summed E-state index contributed by atoms with van der Waals surface area (Å²) >= 11 is 0. The van der Waals surface area contributed by atoms with E-state index >= 15 is 0 Å². The molecule has 6 nitrogen and oxygen atoms in total. The van der Waals surface area contributed by atoms with Gasteiger partial charge in [-0.3, -0.25) is 9.80 Å². The van der Waals surface area contributed by atoms with Crippen LogP contribution in [0.1, 0.15) is 23.5 Å². The third-order valence-electron chi connectivity index (χ3n) is 5.69. The van der Waals surface area contributed by atoms with Crippen LogP contribution in [0.15, 0.2) is 60.0 Å². The zero-order chi connectivity index (χ0) is 18.9. The lowest BCUT2D eigenvalue weighted by atomic mass is 9.99. The molecule has 1 fully saturated rings. The fraction of sp³-hybridized carbons (Fsp3) is 0.318. The van der Waals surface area contributed by atoms with E-state index in [2.05, 4.69) is 44.3 Å². The summed E-state index contributed by atoms with van der Waals surface area (Å²) in [5.41, 5.74) is 3.36. The SMILES string of the molecule is O=C1CC(CN2CC(c3ccnc4[nH]ccc34)C=N2)CN1Cc1ccccc1. The van der Waals surface area contributed by atoms with Crippen LogP contribution in [0.4, 0.5) is 0 Å². The number of likely N-dealkylation sites (tertiary alicyclic amines) is 1. The van der Waals surface area contributed by atoms with Gasteiger partial charge < -0.3 is 9.88 Å². The van der Waals surface area contributed by atoms with Crippen LogP contribution >= 0.6 is 0 Å². The minimum Gasteiger partial charge on any atom is -0.346 e. The van der Waals surface area contributed by atoms with Gasteiger partial charge in [0.05, 0.1) is 0 Å². The molecular weight excluding hydrogens is 350 g/mol. The normalized spacial score (nSPS) is 21.9. The van der Waals surface area contributed by atoms with Gasteiger partial charge in [0, 0.05) is 68.4 Å². The van der Waals surface area contributed by atoms with Gasteiger partial charge in [0.25, 0.3) is 0 Å². The number of hydrazone groups is 1. The maximum Gasteiger partial charge on any atom is 0.223 e. The van der Waals surface area contributed by atoms with Crippen LogP contribution in [0.5, 0.6) is 0 Å². The Hall–Kier alpha value is -3.15. The van der Waals surface area contributed by atoms with E-state index in [9.17, 15) is 4.79 Å². The number of H-pyrrole nitrogens is 1. The number of carbonyl (C=O) groups is 1. The molecule has 2 atom stereocenters. The highest BCUT2D eigenvalue weighted by Gasteiger charge is 2.32. The van der Waals surface area contributed by atoms with Gasteiger partial charge in [0.2, 0.25) is 5.91 Å². The Bertz CT molecular complexity index is 1010. The van der Waals surface area contributed by atoms with Crippen LogP contribution in [-0.4, -0.2) is 51.6 Å². The fourth-order valence-corrected chi connectivity index (χ4v) is 4.33. The maximum absolute atomic E-state index is 12.4. The number of pyridine rings is 1. The molecule has 1 saturated heterocycles. The van der Waals surface area contributed by atoms with Gasteiger partial charge in [0.1, 0.15) is 5.65 Å². The molecule has 2 aliphatic heterocycles. The molecule has 2 unspecified atom stereocenters. The lowest BCUT2D eigenvalue weighted by Gasteiger charge is -2.21. The van der Waals surface area contributed by atoms with Gasteiger partial charge >= 0.3 is 0 Å². The molecule has 6 heteroatoms. The number of carbonyl (C=O) groups excluding carboxylic acids is 1. The van der Waals surface area contributed by atoms with E-state index in [-0.39, 0.29) is 11.8 Å². The Kier molecular flexibility index (Phi) is 4.31. The lowest BCUT2D eigenvalue weighted by molar-refractivity contribution is -0.128. The second kappa shape index (κ2) is 7.11. The Morgan fingerprint density at radius 2 is 2.00 bits per heavy atom. The molecule has 0 bridgehead atoms. The summed E-state index contributed by atoms with van der Waals surface area (Å²) in [5, 5.41) is 7.91. The third-order valence-corrected chi connectivity index (χ3v) is 5.69. The molecule has 0 aliphatic carbocycles. The molecular formula is C22H23N5O. The molecule has 1 aromatic carbocycles. The smallest absolute Gasteiger partial charge is 0.223 e. The molecule has 1 amide bonds. The van der Waals surface area contributed by atoms with E-state index in [0.29, 0.717) is 18.9 Å². The molecule has 28 heavy (non-hydrogen) atoms. The average Bonchev–Trinajstić information content (AvgIpc) is 3.43. The number of benzene rings is 1. The summed E-state index contributed by atoms with van der Waals surface area (Å²) < 4.78 is 0. The molecule has 1 N–H and O–H groups in total. The zero-order valence-corrected chi connectivity index (χ0v) is 15.7. The van der Waals surface area contributed by atoms with Gasteiger partial charge in [-0.25, -0.2) is 4.98 Å². The van der Waals surface area contributed by atoms with Crippen molar-refractivity contribution in [2.75, 3.05) is 19.6 Å². The standard InChI is InChI=1S/C22H23N5O/c28-21-10-17(13-26(21)12-16-4-2-1-3-5-16)14-27-15-18(11-25-27)19-6-8-23-22-20(19)7-9-24-22/h1-9,11,17-18H,10,12-15H2,(H,23,24). The predicted molar refractivity (Wildman–Crippen MR) is 109 cm³/mol. The average molecular weight is 373 g/mol. The first-order valence-corrected chi connectivity index (χ1v) is 9.79. The Balaban J connectivity index is 1.21. The van der Waals surface area contributed by atoms with E-state index in [1.807, 2.05) is 41.7 Å². The number of nitrogens with one attached hydrogen (secondary N) is 1. The van der Waals surface area contributed by atoms with Crippen molar-refractivity contribution in [3.05, 3.63) is 66.0 Å². The van der Waals surface area contributed by atoms with Crippen molar-refractivity contribution < 1.29 is 4.79 Å². The third kappa shape index (κ3) is 3.26. The highest BCUT2D eigenvalue weighted by molar-refractivity contribution is 5.85. The number of rotatable bonds is 5. The van der Waals surface area contributed by atoms with E-state index < -0.39 is 0 Å². The molecule has 2 aliphatic rings. The Morgan fingerprint density at radius 3 is 2.89 bits per heavy atom. The van der Waals surface area contributed by atoms with Crippen LogP contribution in [-0.2, 0) is 11.3 Å². The van der Waals surface area contributed by atoms with Gasteiger partial charge in [-0.15, -0.1) is 0 Å². The summed E-state index contributed by atoms with van der Waals surface area (Å²) in [6, 6.07) is 14.4. The van der Waals surface area contributed by atoms with Crippen LogP contribution in [0.3, 0.4) is 0 Å². The topological polar surface area (TPSA) is 64.6 Å². The molecule has 0 radical (unpaired) electrons. The first kappa shape index (κ1) is 17.0. The molecule has 0 saturated carbocycles. The van der Waals surface area contributed by atoms with E-state index in [1.54, 1.807) is 0 Å². The Labute approximate surface area is 163 Å². The highest BCUT2D eigenvalue weighted by atomic mass is 16.2. The molecule has 4 heterocycles. The molecule has 3 aromatic rings.